The van der Waals surface area contributed by atoms with E-state index in [-0.39, 0.29) is 25.7 Å². The fourth-order valence-electron chi connectivity index (χ4n) is 9.64. The number of carbonyl (C=O) groups excluding carboxylic acids is 4. The Bertz CT molecular complexity index is 1650. The molecular weight excluding hydrogens is 1110 g/mol. The summed E-state index contributed by atoms with van der Waals surface area (Å²) >= 11 is 0. The van der Waals surface area contributed by atoms with E-state index in [2.05, 4.69) is 41.5 Å². The number of aliphatic hydroxyl groups is 1. The third-order valence-corrected chi connectivity index (χ3v) is 17.6. The molecule has 3 N–H and O–H groups in total. The molecule has 0 aromatic heterocycles. The van der Waals surface area contributed by atoms with Crippen LogP contribution in [-0.2, 0) is 65.4 Å². The second-order valence-corrected chi connectivity index (χ2v) is 26.9. The molecule has 17 nitrogen and oxygen atoms in total. The lowest BCUT2D eigenvalue weighted by Gasteiger charge is -2.21. The number of rotatable bonds is 64. The Kier molecular flexibility index (Phi) is 56.2. The van der Waals surface area contributed by atoms with Gasteiger partial charge in [0.15, 0.2) is 12.2 Å². The molecule has 7 atom stereocenters. The normalized spacial score (nSPS) is 14.9. The third kappa shape index (κ3) is 56.6. The van der Waals surface area contributed by atoms with Crippen LogP contribution in [0.3, 0.4) is 0 Å². The maximum absolute atomic E-state index is 13.0. The van der Waals surface area contributed by atoms with Crippen molar-refractivity contribution in [2.24, 2.45) is 11.8 Å². The SMILES string of the molecule is CCCCCCCCCCCCCCCCC(=O)O[C@H](COC(=O)CCCCCCCCC(C)CC)COP(=O)(O)OC[C@@H](O)COP(=O)(O)OC[C@@H](COC(=O)CCCCCCCCCCCC)OC(=O)CCCCCCCCC(C)CC. The van der Waals surface area contributed by atoms with Crippen LogP contribution in [0.25, 0.3) is 0 Å². The van der Waals surface area contributed by atoms with Crippen LogP contribution in [-0.4, -0.2) is 96.7 Å². The van der Waals surface area contributed by atoms with E-state index < -0.39 is 97.5 Å². The fourth-order valence-corrected chi connectivity index (χ4v) is 11.2. The fraction of sp³-hybridized carbons (Fsp3) is 0.938. The molecular formula is C65H126O17P2. The lowest BCUT2D eigenvalue weighted by Crippen LogP contribution is -2.30. The predicted molar refractivity (Wildman–Crippen MR) is 335 cm³/mol. The van der Waals surface area contributed by atoms with E-state index in [1.807, 2.05) is 0 Å². The first-order valence-corrected chi connectivity index (χ1v) is 37.1. The van der Waals surface area contributed by atoms with Gasteiger partial charge in [-0.15, -0.1) is 0 Å². The van der Waals surface area contributed by atoms with Gasteiger partial charge in [0.2, 0.25) is 0 Å². The highest BCUT2D eigenvalue weighted by Crippen LogP contribution is 2.45. The third-order valence-electron chi connectivity index (χ3n) is 15.7. The Labute approximate surface area is 511 Å². The summed E-state index contributed by atoms with van der Waals surface area (Å²) in [6, 6.07) is 0. The summed E-state index contributed by atoms with van der Waals surface area (Å²) in [5.41, 5.74) is 0. The van der Waals surface area contributed by atoms with E-state index in [1.54, 1.807) is 0 Å². The van der Waals surface area contributed by atoms with Crippen LogP contribution in [0, 0.1) is 11.8 Å². The van der Waals surface area contributed by atoms with Crippen molar-refractivity contribution in [3.05, 3.63) is 0 Å². The molecule has 0 spiro atoms. The lowest BCUT2D eigenvalue weighted by molar-refractivity contribution is -0.161. The first kappa shape index (κ1) is 82.1. The molecule has 0 rings (SSSR count). The standard InChI is InChI=1S/C65H126O17P2/c1-7-11-13-15-17-19-21-22-23-24-26-28-37-43-49-64(69)81-60(54-76-63(68)48-42-36-31-29-33-39-45-57(5)9-3)55-79-83(71,72)77-51-59(66)52-78-84(73,74)80-56-61(82-65(70)50-44-38-32-30-34-40-46-58(6)10-4)53-75-62(67)47-41-35-27-25-20-18-16-14-12-8-2/h57-61,66H,7-56H2,1-6H3,(H,71,72)(H,73,74)/t57?,58?,59-,60-,61-/m1/s1. The minimum Gasteiger partial charge on any atom is -0.462 e. The van der Waals surface area contributed by atoms with E-state index in [9.17, 15) is 43.2 Å². The van der Waals surface area contributed by atoms with E-state index in [0.717, 1.165) is 108 Å². The van der Waals surface area contributed by atoms with Crippen molar-refractivity contribution in [3.8, 4) is 0 Å². The quantitative estimate of drug-likeness (QED) is 0.0222. The molecule has 0 saturated carbocycles. The molecule has 0 fully saturated rings. The first-order chi connectivity index (χ1) is 40.4. The monoisotopic (exact) mass is 1240 g/mol. The zero-order chi connectivity index (χ0) is 62.2. The molecule has 0 aliphatic carbocycles. The van der Waals surface area contributed by atoms with Gasteiger partial charge in [-0.1, -0.05) is 273 Å². The highest BCUT2D eigenvalue weighted by Gasteiger charge is 2.30. The van der Waals surface area contributed by atoms with Crippen LogP contribution in [0.1, 0.15) is 324 Å². The zero-order valence-corrected chi connectivity index (χ0v) is 56.0. The van der Waals surface area contributed by atoms with Crippen molar-refractivity contribution in [2.75, 3.05) is 39.6 Å². The van der Waals surface area contributed by atoms with Gasteiger partial charge in [0.25, 0.3) is 0 Å². The van der Waals surface area contributed by atoms with E-state index >= 15 is 0 Å². The van der Waals surface area contributed by atoms with Gasteiger partial charge in [0.1, 0.15) is 19.3 Å². The zero-order valence-electron chi connectivity index (χ0n) is 54.2. The number of ether oxygens (including phenoxy) is 4. The molecule has 0 aliphatic heterocycles. The van der Waals surface area contributed by atoms with Gasteiger partial charge in [-0.2, -0.15) is 0 Å². The van der Waals surface area contributed by atoms with Gasteiger partial charge in [-0.3, -0.25) is 37.3 Å². The van der Waals surface area contributed by atoms with E-state index in [1.165, 1.54) is 135 Å². The van der Waals surface area contributed by atoms with Crippen molar-refractivity contribution in [3.63, 3.8) is 0 Å². The minimum atomic E-state index is -4.95. The average Bonchev–Trinajstić information content (AvgIpc) is 3.51. The number of phosphoric acid groups is 2. The largest absolute Gasteiger partial charge is 0.472 e. The van der Waals surface area contributed by atoms with Crippen LogP contribution in [0.2, 0.25) is 0 Å². The summed E-state index contributed by atoms with van der Waals surface area (Å²) in [7, 11) is -9.89. The lowest BCUT2D eigenvalue weighted by atomic mass is 10.00. The van der Waals surface area contributed by atoms with E-state index in [4.69, 9.17) is 37.0 Å². The Morgan fingerprint density at radius 1 is 0.333 bits per heavy atom. The van der Waals surface area contributed by atoms with Gasteiger partial charge in [0.05, 0.1) is 26.4 Å². The van der Waals surface area contributed by atoms with Gasteiger partial charge in [0, 0.05) is 25.7 Å². The molecule has 0 aliphatic rings. The molecule has 19 heteroatoms. The number of aliphatic hydroxyl groups excluding tert-OH is 1. The maximum atomic E-state index is 13.0. The predicted octanol–water partition coefficient (Wildman–Crippen LogP) is 18.0. The second kappa shape index (κ2) is 57.5. The van der Waals surface area contributed by atoms with Crippen LogP contribution in [0.15, 0.2) is 0 Å². The summed E-state index contributed by atoms with van der Waals surface area (Å²) in [6.45, 7) is 9.41. The van der Waals surface area contributed by atoms with Crippen LogP contribution < -0.4 is 0 Å². The van der Waals surface area contributed by atoms with E-state index in [0.29, 0.717) is 25.7 Å². The van der Waals surface area contributed by atoms with Gasteiger partial charge < -0.3 is 33.8 Å². The first-order valence-electron chi connectivity index (χ1n) is 34.1. The van der Waals surface area contributed by atoms with Gasteiger partial charge in [-0.05, 0) is 37.5 Å². The Balaban J connectivity index is 5.25. The average molecular weight is 1240 g/mol. The van der Waals surface area contributed by atoms with Crippen molar-refractivity contribution >= 4 is 39.5 Å². The Hall–Kier alpha value is -1.94. The summed E-state index contributed by atoms with van der Waals surface area (Å²) in [5.74, 6) is -0.683. The number of carbonyl (C=O) groups is 4. The second-order valence-electron chi connectivity index (χ2n) is 24.0. The van der Waals surface area contributed by atoms with Crippen molar-refractivity contribution < 1.29 is 80.2 Å². The van der Waals surface area contributed by atoms with Gasteiger partial charge >= 0.3 is 39.5 Å². The highest BCUT2D eigenvalue weighted by atomic mass is 31.2. The summed E-state index contributed by atoms with van der Waals surface area (Å²) in [5, 5.41) is 10.5. The topological polar surface area (TPSA) is 237 Å². The van der Waals surface area contributed by atoms with Gasteiger partial charge in [-0.25, -0.2) is 9.13 Å². The smallest absolute Gasteiger partial charge is 0.462 e. The Morgan fingerprint density at radius 3 is 0.845 bits per heavy atom. The maximum Gasteiger partial charge on any atom is 0.472 e. The number of esters is 4. The van der Waals surface area contributed by atoms with Crippen molar-refractivity contribution in [1.29, 1.82) is 0 Å². The molecule has 0 saturated heterocycles. The highest BCUT2D eigenvalue weighted by molar-refractivity contribution is 7.47. The molecule has 0 heterocycles. The molecule has 0 radical (unpaired) electrons. The molecule has 498 valence electrons. The summed E-state index contributed by atoms with van der Waals surface area (Å²) in [6.07, 6.45) is 40.3. The summed E-state index contributed by atoms with van der Waals surface area (Å²) < 4.78 is 68.0. The molecule has 0 bridgehead atoms. The minimum absolute atomic E-state index is 0.103. The number of hydrogen-bond donors (Lipinski definition) is 3. The summed E-state index contributed by atoms with van der Waals surface area (Å²) in [4.78, 5) is 72.2. The van der Waals surface area contributed by atoms with Crippen molar-refractivity contribution in [2.45, 2.75) is 342 Å². The van der Waals surface area contributed by atoms with Crippen LogP contribution >= 0.6 is 15.6 Å². The Morgan fingerprint density at radius 2 is 0.571 bits per heavy atom. The number of hydrogen-bond acceptors (Lipinski definition) is 15. The number of unbranched alkanes of at least 4 members (excludes halogenated alkanes) is 32. The van der Waals surface area contributed by atoms with Crippen LogP contribution in [0.4, 0.5) is 0 Å². The molecule has 0 amide bonds. The molecule has 0 aromatic carbocycles. The van der Waals surface area contributed by atoms with Crippen molar-refractivity contribution in [1.82, 2.24) is 0 Å². The number of phosphoric ester groups is 2. The molecule has 4 unspecified atom stereocenters. The molecule has 84 heavy (non-hydrogen) atoms. The molecule has 0 aromatic rings. The van der Waals surface area contributed by atoms with Crippen LogP contribution in [0.5, 0.6) is 0 Å².